The molecular formula is C13H26N2O3S. The number of hydrogen-bond donors (Lipinski definition) is 3. The summed E-state index contributed by atoms with van der Waals surface area (Å²) >= 11 is 1.51. The molecule has 0 saturated heterocycles. The van der Waals surface area contributed by atoms with Gasteiger partial charge in [0.25, 0.3) is 0 Å². The van der Waals surface area contributed by atoms with Crippen LogP contribution >= 0.6 is 11.8 Å². The lowest BCUT2D eigenvalue weighted by Crippen LogP contribution is -2.42. The fourth-order valence-electron chi connectivity index (χ4n) is 1.57. The van der Waals surface area contributed by atoms with Crippen LogP contribution in [0.3, 0.4) is 0 Å². The van der Waals surface area contributed by atoms with Crippen molar-refractivity contribution < 1.29 is 14.7 Å². The first-order valence-corrected chi connectivity index (χ1v) is 7.77. The summed E-state index contributed by atoms with van der Waals surface area (Å²) in [6.07, 6.45) is 0.593. The van der Waals surface area contributed by atoms with Gasteiger partial charge < -0.3 is 16.2 Å². The summed E-state index contributed by atoms with van der Waals surface area (Å²) in [5.41, 5.74) is 5.78. The van der Waals surface area contributed by atoms with Crippen LogP contribution in [-0.4, -0.2) is 46.5 Å². The summed E-state index contributed by atoms with van der Waals surface area (Å²) in [7, 11) is 0. The molecule has 0 saturated carbocycles. The van der Waals surface area contributed by atoms with Crippen LogP contribution in [0.25, 0.3) is 0 Å². The monoisotopic (exact) mass is 290 g/mol. The lowest BCUT2D eigenvalue weighted by Gasteiger charge is -2.17. The van der Waals surface area contributed by atoms with Crippen molar-refractivity contribution in [2.24, 2.45) is 11.7 Å². The van der Waals surface area contributed by atoms with Crippen molar-refractivity contribution >= 4 is 23.5 Å². The van der Waals surface area contributed by atoms with E-state index in [0.717, 1.165) is 0 Å². The van der Waals surface area contributed by atoms with Gasteiger partial charge in [-0.2, -0.15) is 11.8 Å². The Morgan fingerprint density at radius 2 is 1.84 bits per heavy atom. The standard InChI is InChI=1S/C13H26N2O3S/c1-8(2)12(16)10(14)5-6-19-7-11(13(17)18)15-9(3)4/h8-11,15H,5-7,14H2,1-4H3,(H,17,18). The van der Waals surface area contributed by atoms with Crippen LogP contribution in [0.5, 0.6) is 0 Å². The molecule has 0 aliphatic rings. The normalized spacial score (nSPS) is 14.7. The largest absolute Gasteiger partial charge is 0.480 e. The minimum Gasteiger partial charge on any atom is -0.480 e. The average molecular weight is 290 g/mol. The van der Waals surface area contributed by atoms with Crippen LogP contribution in [-0.2, 0) is 9.59 Å². The van der Waals surface area contributed by atoms with Crippen LogP contribution in [0.1, 0.15) is 34.1 Å². The number of thioether (sulfide) groups is 1. The van der Waals surface area contributed by atoms with E-state index in [2.05, 4.69) is 5.32 Å². The SMILES string of the molecule is CC(C)NC(CSCCC(N)C(=O)C(C)C)C(=O)O. The van der Waals surface area contributed by atoms with E-state index in [1.165, 1.54) is 11.8 Å². The molecule has 2 atom stereocenters. The number of hydrogen-bond acceptors (Lipinski definition) is 5. The maximum atomic E-state index is 11.6. The predicted molar refractivity (Wildman–Crippen MR) is 79.5 cm³/mol. The maximum Gasteiger partial charge on any atom is 0.321 e. The van der Waals surface area contributed by atoms with Gasteiger partial charge in [0.2, 0.25) is 0 Å². The molecule has 0 spiro atoms. The number of carboxylic acids is 1. The number of Topliss-reactive ketones (excluding diaryl/α,β-unsaturated/α-hetero) is 1. The second-order valence-electron chi connectivity index (χ2n) is 5.24. The first-order chi connectivity index (χ1) is 8.75. The van der Waals surface area contributed by atoms with E-state index in [1.807, 2.05) is 27.7 Å². The molecule has 6 heteroatoms. The number of carbonyl (C=O) groups excluding carboxylic acids is 1. The molecule has 0 rings (SSSR count). The zero-order chi connectivity index (χ0) is 15.0. The van der Waals surface area contributed by atoms with Crippen molar-refractivity contribution in [2.45, 2.75) is 52.2 Å². The first-order valence-electron chi connectivity index (χ1n) is 6.61. The molecule has 2 unspecified atom stereocenters. The zero-order valence-corrected chi connectivity index (χ0v) is 13.0. The van der Waals surface area contributed by atoms with Gasteiger partial charge in [0.05, 0.1) is 6.04 Å². The fourth-order valence-corrected chi connectivity index (χ4v) is 2.64. The Bertz CT molecular complexity index is 296. The molecule has 0 fully saturated rings. The van der Waals surface area contributed by atoms with E-state index in [4.69, 9.17) is 10.8 Å². The van der Waals surface area contributed by atoms with Gasteiger partial charge in [0.15, 0.2) is 5.78 Å². The molecule has 0 heterocycles. The third-order valence-corrected chi connectivity index (χ3v) is 3.72. The summed E-state index contributed by atoms with van der Waals surface area (Å²) in [6.45, 7) is 7.50. The Morgan fingerprint density at radius 3 is 2.26 bits per heavy atom. The van der Waals surface area contributed by atoms with Crippen LogP contribution in [0, 0.1) is 5.92 Å². The van der Waals surface area contributed by atoms with E-state index in [-0.39, 0.29) is 17.7 Å². The quantitative estimate of drug-likeness (QED) is 0.522. The molecule has 0 amide bonds. The van der Waals surface area contributed by atoms with Gasteiger partial charge in [-0.1, -0.05) is 27.7 Å². The highest BCUT2D eigenvalue weighted by Gasteiger charge is 2.19. The zero-order valence-electron chi connectivity index (χ0n) is 12.2. The van der Waals surface area contributed by atoms with Crippen LogP contribution in [0.15, 0.2) is 0 Å². The Balaban J connectivity index is 3.94. The van der Waals surface area contributed by atoms with Gasteiger partial charge in [0, 0.05) is 17.7 Å². The fraction of sp³-hybridized carbons (Fsp3) is 0.846. The van der Waals surface area contributed by atoms with E-state index in [9.17, 15) is 9.59 Å². The highest BCUT2D eigenvalue weighted by molar-refractivity contribution is 7.99. The summed E-state index contributed by atoms with van der Waals surface area (Å²) in [5, 5.41) is 12.0. The summed E-state index contributed by atoms with van der Waals surface area (Å²) in [6, 6.07) is -0.859. The number of nitrogens with one attached hydrogen (secondary N) is 1. The van der Waals surface area contributed by atoms with Gasteiger partial charge in [-0.25, -0.2) is 0 Å². The van der Waals surface area contributed by atoms with Crippen molar-refractivity contribution in [1.29, 1.82) is 0 Å². The molecule has 0 aliphatic heterocycles. The second kappa shape index (κ2) is 9.34. The number of nitrogens with two attached hydrogens (primary N) is 1. The second-order valence-corrected chi connectivity index (χ2v) is 6.39. The van der Waals surface area contributed by atoms with Gasteiger partial charge in [-0.15, -0.1) is 0 Å². The number of ketones is 1. The molecule has 0 aromatic rings. The highest BCUT2D eigenvalue weighted by atomic mass is 32.2. The Labute approximate surface area is 119 Å². The van der Waals surface area contributed by atoms with E-state index in [0.29, 0.717) is 17.9 Å². The molecule has 112 valence electrons. The average Bonchev–Trinajstić information content (AvgIpc) is 2.30. The topological polar surface area (TPSA) is 92.4 Å². The molecule has 19 heavy (non-hydrogen) atoms. The molecule has 0 aliphatic carbocycles. The first kappa shape index (κ1) is 18.4. The number of aliphatic carboxylic acids is 1. The van der Waals surface area contributed by atoms with Crippen LogP contribution in [0.2, 0.25) is 0 Å². The summed E-state index contributed by atoms with van der Waals surface area (Å²) in [5.74, 6) is 0.355. The minimum atomic E-state index is -0.844. The van der Waals surface area contributed by atoms with Crippen molar-refractivity contribution in [3.63, 3.8) is 0 Å². The van der Waals surface area contributed by atoms with Crippen molar-refractivity contribution in [3.05, 3.63) is 0 Å². The number of carbonyl (C=O) groups is 2. The Kier molecular flexibility index (Phi) is 9.05. The highest BCUT2D eigenvalue weighted by Crippen LogP contribution is 2.09. The lowest BCUT2D eigenvalue weighted by atomic mass is 10.0. The maximum absolute atomic E-state index is 11.6. The molecule has 4 N–H and O–H groups in total. The number of carboxylic acid groups (broad SMARTS) is 1. The van der Waals surface area contributed by atoms with Gasteiger partial charge in [-0.3, -0.25) is 9.59 Å². The Hall–Kier alpha value is -0.590. The van der Waals surface area contributed by atoms with Crippen molar-refractivity contribution in [1.82, 2.24) is 5.32 Å². The van der Waals surface area contributed by atoms with E-state index < -0.39 is 18.1 Å². The van der Waals surface area contributed by atoms with Crippen LogP contribution < -0.4 is 11.1 Å². The molecular weight excluding hydrogens is 264 g/mol. The summed E-state index contributed by atoms with van der Waals surface area (Å²) < 4.78 is 0. The van der Waals surface area contributed by atoms with Crippen molar-refractivity contribution in [2.75, 3.05) is 11.5 Å². The van der Waals surface area contributed by atoms with Crippen molar-refractivity contribution in [3.8, 4) is 0 Å². The third kappa shape index (κ3) is 8.23. The molecule has 0 aromatic heterocycles. The number of rotatable bonds is 10. The minimum absolute atomic E-state index is 0.0469. The van der Waals surface area contributed by atoms with E-state index >= 15 is 0 Å². The molecule has 0 bridgehead atoms. The van der Waals surface area contributed by atoms with Crippen LogP contribution in [0.4, 0.5) is 0 Å². The molecule has 5 nitrogen and oxygen atoms in total. The van der Waals surface area contributed by atoms with Gasteiger partial charge >= 0.3 is 5.97 Å². The smallest absolute Gasteiger partial charge is 0.321 e. The Morgan fingerprint density at radius 1 is 1.26 bits per heavy atom. The predicted octanol–water partition coefficient (Wildman–Crippen LogP) is 1.11. The molecule has 0 aromatic carbocycles. The summed E-state index contributed by atoms with van der Waals surface area (Å²) in [4.78, 5) is 22.6. The van der Waals surface area contributed by atoms with Gasteiger partial charge in [-0.05, 0) is 12.2 Å². The van der Waals surface area contributed by atoms with Gasteiger partial charge in [0.1, 0.15) is 6.04 Å². The van der Waals surface area contributed by atoms with E-state index in [1.54, 1.807) is 0 Å². The third-order valence-electron chi connectivity index (χ3n) is 2.62. The molecule has 0 radical (unpaired) electrons. The lowest BCUT2D eigenvalue weighted by molar-refractivity contribution is -0.139.